The molecule has 1 atom stereocenters. The van der Waals surface area contributed by atoms with Crippen LogP contribution in [0.2, 0.25) is 0 Å². The van der Waals surface area contributed by atoms with Gasteiger partial charge in [-0.25, -0.2) is 9.40 Å². The van der Waals surface area contributed by atoms with Crippen molar-refractivity contribution in [3.8, 4) is 11.5 Å². The molecule has 37 heavy (non-hydrogen) atoms. The van der Waals surface area contributed by atoms with Crippen molar-refractivity contribution in [1.82, 2.24) is 9.91 Å². The van der Waals surface area contributed by atoms with Crippen LogP contribution in [0.1, 0.15) is 23.6 Å². The van der Waals surface area contributed by atoms with Gasteiger partial charge in [0.1, 0.15) is 17.3 Å². The highest BCUT2D eigenvalue weighted by molar-refractivity contribution is 6.03. The van der Waals surface area contributed by atoms with Crippen LogP contribution >= 0.6 is 0 Å². The largest absolute Gasteiger partial charge is 0.497 e. The van der Waals surface area contributed by atoms with E-state index < -0.39 is 0 Å². The molecule has 0 saturated carbocycles. The van der Waals surface area contributed by atoms with Gasteiger partial charge in [-0.2, -0.15) is 5.10 Å². The van der Waals surface area contributed by atoms with Crippen molar-refractivity contribution in [2.45, 2.75) is 12.5 Å². The van der Waals surface area contributed by atoms with E-state index in [9.17, 15) is 9.18 Å². The minimum absolute atomic E-state index is 0.0706. The van der Waals surface area contributed by atoms with Crippen molar-refractivity contribution in [2.24, 2.45) is 5.10 Å². The molecule has 0 bridgehead atoms. The van der Waals surface area contributed by atoms with E-state index in [2.05, 4.69) is 4.90 Å². The number of piperazine rings is 1. The Balaban J connectivity index is 1.33. The fraction of sp³-hybridized carbons (Fsp3) is 0.310. The number of hydrazone groups is 1. The van der Waals surface area contributed by atoms with Gasteiger partial charge in [-0.1, -0.05) is 30.3 Å². The maximum Gasteiger partial charge on any atom is 0.257 e. The number of ether oxygens (including phenoxy) is 2. The van der Waals surface area contributed by atoms with Crippen molar-refractivity contribution in [3.63, 3.8) is 0 Å². The van der Waals surface area contributed by atoms with Crippen molar-refractivity contribution < 1.29 is 18.7 Å². The second-order valence-corrected chi connectivity index (χ2v) is 9.19. The predicted octanol–water partition coefficient (Wildman–Crippen LogP) is 4.34. The zero-order valence-electron chi connectivity index (χ0n) is 21.1. The van der Waals surface area contributed by atoms with Crippen LogP contribution in [0.25, 0.3) is 0 Å². The molecular weight excluding hydrogens is 471 g/mol. The quantitative estimate of drug-likeness (QED) is 0.481. The van der Waals surface area contributed by atoms with Gasteiger partial charge in [0, 0.05) is 38.2 Å². The zero-order chi connectivity index (χ0) is 25.8. The topological polar surface area (TPSA) is 57.6 Å². The molecule has 1 unspecified atom stereocenters. The Morgan fingerprint density at radius 1 is 0.919 bits per heavy atom. The highest BCUT2D eigenvalue weighted by Gasteiger charge is 2.35. The van der Waals surface area contributed by atoms with Crippen LogP contribution in [0, 0.1) is 5.82 Å². The fourth-order valence-electron chi connectivity index (χ4n) is 5.00. The maximum absolute atomic E-state index is 14.2. The van der Waals surface area contributed by atoms with Gasteiger partial charge in [0.25, 0.3) is 5.91 Å². The lowest BCUT2D eigenvalue weighted by atomic mass is 9.97. The Labute approximate surface area is 216 Å². The Hall–Kier alpha value is -3.91. The molecule has 0 aliphatic carbocycles. The first kappa shape index (κ1) is 24.8. The second kappa shape index (κ2) is 11.0. The molecule has 1 saturated heterocycles. The average Bonchev–Trinajstić information content (AvgIpc) is 3.39. The number of halogens is 1. The SMILES string of the molecule is COc1ccc(C2=NN(C(=O)CN3CCN(c4ccccc4F)CC3)C(c3ccccc3OC)C2)cc1. The molecule has 0 radical (unpaired) electrons. The van der Waals surface area contributed by atoms with Gasteiger partial charge in [-0.15, -0.1) is 0 Å². The Morgan fingerprint density at radius 3 is 2.32 bits per heavy atom. The van der Waals surface area contributed by atoms with E-state index in [0.29, 0.717) is 38.3 Å². The molecule has 0 aromatic heterocycles. The van der Waals surface area contributed by atoms with Gasteiger partial charge in [0.15, 0.2) is 0 Å². The summed E-state index contributed by atoms with van der Waals surface area (Å²) in [5.74, 6) is 1.21. The number of benzene rings is 3. The van der Waals surface area contributed by atoms with Crippen LogP contribution in [-0.2, 0) is 4.79 Å². The van der Waals surface area contributed by atoms with Crippen LogP contribution in [0.4, 0.5) is 10.1 Å². The number of carbonyl (C=O) groups excluding carboxylic acids is 1. The van der Waals surface area contributed by atoms with Crippen molar-refractivity contribution in [1.29, 1.82) is 0 Å². The molecule has 1 fully saturated rings. The molecule has 8 heteroatoms. The highest BCUT2D eigenvalue weighted by atomic mass is 19.1. The van der Waals surface area contributed by atoms with Gasteiger partial charge in [-0.05, 0) is 48.0 Å². The van der Waals surface area contributed by atoms with Gasteiger partial charge in [0.2, 0.25) is 0 Å². The van der Waals surface area contributed by atoms with E-state index in [1.807, 2.05) is 59.5 Å². The van der Waals surface area contributed by atoms with Crippen molar-refractivity contribution in [3.05, 3.63) is 89.7 Å². The fourth-order valence-corrected chi connectivity index (χ4v) is 5.00. The van der Waals surface area contributed by atoms with E-state index in [0.717, 1.165) is 28.3 Å². The Kier molecular flexibility index (Phi) is 7.37. The van der Waals surface area contributed by atoms with Gasteiger partial charge in [-0.3, -0.25) is 9.69 Å². The first-order valence-corrected chi connectivity index (χ1v) is 12.5. The first-order valence-electron chi connectivity index (χ1n) is 12.5. The predicted molar refractivity (Wildman–Crippen MR) is 142 cm³/mol. The minimum Gasteiger partial charge on any atom is -0.497 e. The number of methoxy groups -OCH3 is 2. The average molecular weight is 503 g/mol. The molecule has 0 spiro atoms. The number of para-hydroxylation sites is 2. The van der Waals surface area contributed by atoms with Crippen LogP contribution in [0.15, 0.2) is 77.9 Å². The van der Waals surface area contributed by atoms with E-state index in [-0.39, 0.29) is 24.3 Å². The molecule has 2 aliphatic heterocycles. The number of hydrogen-bond donors (Lipinski definition) is 0. The summed E-state index contributed by atoms with van der Waals surface area (Å²) in [6.45, 7) is 2.90. The minimum atomic E-state index is -0.263. The molecule has 2 aliphatic rings. The summed E-state index contributed by atoms with van der Waals surface area (Å²) in [5.41, 5.74) is 3.33. The highest BCUT2D eigenvalue weighted by Crippen LogP contribution is 2.37. The Morgan fingerprint density at radius 2 is 1.62 bits per heavy atom. The van der Waals surface area contributed by atoms with Gasteiger partial charge in [0.05, 0.1) is 38.2 Å². The van der Waals surface area contributed by atoms with Crippen LogP contribution in [0.5, 0.6) is 11.5 Å². The molecular formula is C29H31FN4O3. The molecule has 3 aromatic rings. The Bertz CT molecular complexity index is 1270. The lowest BCUT2D eigenvalue weighted by molar-refractivity contribution is -0.134. The summed E-state index contributed by atoms with van der Waals surface area (Å²) in [6.07, 6.45) is 0.583. The summed E-state index contributed by atoms with van der Waals surface area (Å²) in [7, 11) is 3.27. The lowest BCUT2D eigenvalue weighted by Gasteiger charge is -2.36. The molecule has 3 aromatic carbocycles. The number of rotatable bonds is 7. The number of amides is 1. The summed E-state index contributed by atoms with van der Waals surface area (Å²) in [4.78, 5) is 17.8. The zero-order valence-corrected chi connectivity index (χ0v) is 21.1. The van der Waals surface area contributed by atoms with Gasteiger partial charge < -0.3 is 14.4 Å². The van der Waals surface area contributed by atoms with E-state index in [4.69, 9.17) is 14.6 Å². The van der Waals surface area contributed by atoms with Crippen LogP contribution in [0.3, 0.4) is 0 Å². The number of carbonyl (C=O) groups is 1. The summed E-state index contributed by atoms with van der Waals surface area (Å²) in [5, 5.41) is 6.42. The monoisotopic (exact) mass is 502 g/mol. The maximum atomic E-state index is 14.2. The number of nitrogens with zero attached hydrogens (tertiary/aromatic N) is 4. The lowest BCUT2D eigenvalue weighted by Crippen LogP contribution is -2.49. The summed E-state index contributed by atoms with van der Waals surface area (Å²) >= 11 is 0. The third-order valence-corrected chi connectivity index (χ3v) is 7.01. The molecule has 1 amide bonds. The third kappa shape index (κ3) is 5.29. The standard InChI is InChI=1S/C29H31FN4O3/c1-36-22-13-11-21(12-14-22)25-19-27(23-7-3-6-10-28(23)37-2)34(31-25)29(35)20-32-15-17-33(18-16-32)26-9-5-4-8-24(26)30/h3-14,27H,15-20H2,1-2H3. The number of hydrogen-bond acceptors (Lipinski definition) is 6. The molecule has 0 N–H and O–H groups in total. The van der Waals surface area contributed by atoms with E-state index in [1.165, 1.54) is 6.07 Å². The second-order valence-electron chi connectivity index (χ2n) is 9.19. The van der Waals surface area contributed by atoms with Crippen LogP contribution in [-0.4, -0.2) is 68.5 Å². The molecule has 7 nitrogen and oxygen atoms in total. The van der Waals surface area contributed by atoms with Gasteiger partial charge >= 0.3 is 0 Å². The van der Waals surface area contributed by atoms with E-state index in [1.54, 1.807) is 31.4 Å². The number of anilines is 1. The molecule has 5 rings (SSSR count). The molecule has 192 valence electrons. The summed E-state index contributed by atoms with van der Waals surface area (Å²) < 4.78 is 25.1. The summed E-state index contributed by atoms with van der Waals surface area (Å²) in [6, 6.07) is 22.1. The molecule has 2 heterocycles. The van der Waals surface area contributed by atoms with Crippen LogP contribution < -0.4 is 14.4 Å². The van der Waals surface area contributed by atoms with E-state index >= 15 is 0 Å². The van der Waals surface area contributed by atoms with Crippen molar-refractivity contribution >= 4 is 17.3 Å². The van der Waals surface area contributed by atoms with Crippen molar-refractivity contribution in [2.75, 3.05) is 51.8 Å². The first-order chi connectivity index (χ1) is 18.1. The normalized spacial score (nSPS) is 18.0. The third-order valence-electron chi connectivity index (χ3n) is 7.01. The smallest absolute Gasteiger partial charge is 0.257 e.